The molecule has 29 heavy (non-hydrogen) atoms. The van der Waals surface area contributed by atoms with Crippen LogP contribution < -0.4 is 15.5 Å². The Kier molecular flexibility index (Phi) is 8.63. The van der Waals surface area contributed by atoms with Crippen molar-refractivity contribution in [2.45, 2.75) is 32.7 Å². The summed E-state index contributed by atoms with van der Waals surface area (Å²) in [5, 5.41) is 6.20. The lowest BCUT2D eigenvalue weighted by Crippen LogP contribution is -2.51. The first kappa shape index (κ1) is 22.4. The van der Waals surface area contributed by atoms with Crippen molar-refractivity contribution in [2.24, 2.45) is 11.8 Å². The number of halogens is 1. The van der Waals surface area contributed by atoms with E-state index < -0.39 is 0 Å². The fourth-order valence-corrected chi connectivity index (χ4v) is 4.65. The lowest BCUT2D eigenvalue weighted by atomic mass is 10.0. The van der Waals surface area contributed by atoms with E-state index >= 15 is 0 Å². The molecule has 3 rings (SSSR count). The molecule has 6 nitrogen and oxygen atoms in total. The van der Waals surface area contributed by atoms with Gasteiger partial charge < -0.3 is 20.3 Å². The highest BCUT2D eigenvalue weighted by atomic mass is 79.9. The average molecular weight is 467 g/mol. The predicted molar refractivity (Wildman–Crippen MR) is 121 cm³/mol. The Morgan fingerprint density at radius 2 is 2.03 bits per heavy atom. The molecule has 0 bridgehead atoms. The van der Waals surface area contributed by atoms with Crippen LogP contribution in [0.5, 0.6) is 0 Å². The molecule has 0 spiro atoms. The van der Waals surface area contributed by atoms with Crippen LogP contribution in [0, 0.1) is 11.8 Å². The van der Waals surface area contributed by atoms with Crippen molar-refractivity contribution >= 4 is 27.6 Å². The van der Waals surface area contributed by atoms with Crippen LogP contribution in [-0.2, 0) is 4.74 Å². The van der Waals surface area contributed by atoms with Crippen LogP contribution in [0.2, 0.25) is 0 Å². The van der Waals surface area contributed by atoms with E-state index in [1.54, 1.807) is 0 Å². The number of benzene rings is 1. The Labute approximate surface area is 183 Å². The zero-order valence-electron chi connectivity index (χ0n) is 17.7. The molecule has 0 aromatic heterocycles. The molecule has 2 N–H and O–H groups in total. The molecule has 0 saturated carbocycles. The standard InChI is InChI=1S/C22H35BrN4O2/c1-17(2)12-21(26-8-10-29-11-9-26)15-25-22(28)24-14-18-6-7-27(16-18)20-5-3-4-19(23)13-20/h3-5,13,17-18,21H,6-12,14-16H2,1-2H3,(H2,24,25,28). The lowest BCUT2D eigenvalue weighted by molar-refractivity contribution is 0.0129. The minimum absolute atomic E-state index is 0.0482. The molecule has 2 saturated heterocycles. The van der Waals surface area contributed by atoms with E-state index in [4.69, 9.17) is 4.74 Å². The molecule has 2 unspecified atom stereocenters. The summed E-state index contributed by atoms with van der Waals surface area (Å²) in [6.45, 7) is 11.4. The molecule has 2 amide bonds. The number of nitrogens with one attached hydrogen (secondary N) is 2. The zero-order valence-corrected chi connectivity index (χ0v) is 19.3. The van der Waals surface area contributed by atoms with Gasteiger partial charge >= 0.3 is 6.03 Å². The minimum atomic E-state index is -0.0482. The van der Waals surface area contributed by atoms with Crippen molar-refractivity contribution in [3.05, 3.63) is 28.7 Å². The van der Waals surface area contributed by atoms with Gasteiger partial charge in [0.05, 0.1) is 13.2 Å². The third-order valence-electron chi connectivity index (χ3n) is 5.81. The summed E-state index contributed by atoms with van der Waals surface area (Å²) in [5.41, 5.74) is 1.24. The number of hydrogen-bond acceptors (Lipinski definition) is 4. The van der Waals surface area contributed by atoms with Crippen molar-refractivity contribution in [3.63, 3.8) is 0 Å². The maximum Gasteiger partial charge on any atom is 0.314 e. The van der Waals surface area contributed by atoms with Crippen molar-refractivity contribution in [3.8, 4) is 0 Å². The van der Waals surface area contributed by atoms with Gasteiger partial charge in [0.15, 0.2) is 0 Å². The van der Waals surface area contributed by atoms with E-state index in [-0.39, 0.29) is 6.03 Å². The lowest BCUT2D eigenvalue weighted by Gasteiger charge is -2.35. The fourth-order valence-electron chi connectivity index (χ4n) is 4.26. The summed E-state index contributed by atoms with van der Waals surface area (Å²) < 4.78 is 6.58. The number of amides is 2. The van der Waals surface area contributed by atoms with Gasteiger partial charge in [-0.2, -0.15) is 0 Å². The number of ether oxygens (including phenoxy) is 1. The Hall–Kier alpha value is -1.31. The van der Waals surface area contributed by atoms with Crippen LogP contribution in [0.4, 0.5) is 10.5 Å². The third kappa shape index (κ3) is 7.15. The zero-order chi connectivity index (χ0) is 20.6. The van der Waals surface area contributed by atoms with E-state index in [0.29, 0.717) is 24.4 Å². The summed E-state index contributed by atoms with van der Waals surface area (Å²) in [6, 6.07) is 8.75. The highest BCUT2D eigenvalue weighted by Crippen LogP contribution is 2.25. The first-order valence-electron chi connectivity index (χ1n) is 10.8. The Bertz CT molecular complexity index is 651. The molecule has 2 fully saturated rings. The molecule has 2 heterocycles. The number of anilines is 1. The van der Waals surface area contributed by atoms with Gasteiger partial charge in [0, 0.05) is 55.5 Å². The number of carbonyl (C=O) groups excluding carboxylic acids is 1. The normalized spacial score (nSPS) is 21.4. The summed E-state index contributed by atoms with van der Waals surface area (Å²) in [4.78, 5) is 17.2. The van der Waals surface area contributed by atoms with E-state index in [2.05, 4.69) is 68.4 Å². The molecule has 2 aliphatic rings. The molecule has 2 atom stereocenters. The summed E-state index contributed by atoms with van der Waals surface area (Å²) in [6.07, 6.45) is 2.20. The number of hydrogen-bond donors (Lipinski definition) is 2. The van der Waals surface area contributed by atoms with Gasteiger partial charge in [0.2, 0.25) is 0 Å². The number of carbonyl (C=O) groups is 1. The van der Waals surface area contributed by atoms with Crippen LogP contribution in [-0.4, -0.2) is 69.5 Å². The summed E-state index contributed by atoms with van der Waals surface area (Å²) in [7, 11) is 0. The monoisotopic (exact) mass is 466 g/mol. The molecule has 0 radical (unpaired) electrons. The van der Waals surface area contributed by atoms with Crippen LogP contribution in [0.25, 0.3) is 0 Å². The van der Waals surface area contributed by atoms with Crippen LogP contribution in [0.1, 0.15) is 26.7 Å². The maximum atomic E-state index is 12.4. The summed E-state index contributed by atoms with van der Waals surface area (Å²) >= 11 is 3.54. The third-order valence-corrected chi connectivity index (χ3v) is 6.31. The second-order valence-electron chi connectivity index (χ2n) is 8.60. The van der Waals surface area contributed by atoms with Crippen molar-refractivity contribution in [1.82, 2.24) is 15.5 Å². The Morgan fingerprint density at radius 3 is 2.76 bits per heavy atom. The van der Waals surface area contributed by atoms with E-state index in [1.165, 1.54) is 5.69 Å². The van der Waals surface area contributed by atoms with E-state index in [1.807, 2.05) is 6.07 Å². The van der Waals surface area contributed by atoms with Gasteiger partial charge in [-0.3, -0.25) is 4.90 Å². The largest absolute Gasteiger partial charge is 0.379 e. The van der Waals surface area contributed by atoms with Crippen LogP contribution in [0.3, 0.4) is 0 Å². The smallest absolute Gasteiger partial charge is 0.314 e. The first-order chi connectivity index (χ1) is 14.0. The molecule has 2 aliphatic heterocycles. The SMILES string of the molecule is CC(C)CC(CNC(=O)NCC1CCN(c2cccc(Br)c2)C1)N1CCOCC1. The number of morpholine rings is 1. The van der Waals surface area contributed by atoms with Crippen molar-refractivity contribution in [1.29, 1.82) is 0 Å². The van der Waals surface area contributed by atoms with Gasteiger partial charge in [-0.15, -0.1) is 0 Å². The molecular formula is C22H35BrN4O2. The average Bonchev–Trinajstić information content (AvgIpc) is 3.19. The van der Waals surface area contributed by atoms with Crippen molar-refractivity contribution in [2.75, 3.05) is 57.4 Å². The molecule has 1 aromatic rings. The second-order valence-corrected chi connectivity index (χ2v) is 9.52. The van der Waals surface area contributed by atoms with Crippen LogP contribution in [0.15, 0.2) is 28.7 Å². The summed E-state index contributed by atoms with van der Waals surface area (Å²) in [5.74, 6) is 1.10. The van der Waals surface area contributed by atoms with Gasteiger partial charge in [0.25, 0.3) is 0 Å². The van der Waals surface area contributed by atoms with Gasteiger partial charge in [-0.25, -0.2) is 4.79 Å². The molecule has 0 aliphatic carbocycles. The molecule has 1 aromatic carbocycles. The predicted octanol–water partition coefficient (Wildman–Crippen LogP) is 3.32. The minimum Gasteiger partial charge on any atom is -0.379 e. The van der Waals surface area contributed by atoms with E-state index in [0.717, 1.165) is 63.3 Å². The second kappa shape index (κ2) is 11.2. The van der Waals surface area contributed by atoms with Gasteiger partial charge in [-0.1, -0.05) is 35.8 Å². The number of urea groups is 1. The number of nitrogens with zero attached hydrogens (tertiary/aromatic N) is 2. The number of rotatable bonds is 8. The van der Waals surface area contributed by atoms with Crippen molar-refractivity contribution < 1.29 is 9.53 Å². The first-order valence-corrected chi connectivity index (χ1v) is 11.6. The molecule has 7 heteroatoms. The van der Waals surface area contributed by atoms with Gasteiger partial charge in [0.1, 0.15) is 0 Å². The fraction of sp³-hybridized carbons (Fsp3) is 0.682. The van der Waals surface area contributed by atoms with Gasteiger partial charge in [-0.05, 0) is 42.9 Å². The topological polar surface area (TPSA) is 56.8 Å². The Morgan fingerprint density at radius 1 is 1.24 bits per heavy atom. The van der Waals surface area contributed by atoms with Crippen LogP contribution >= 0.6 is 15.9 Å². The Balaban J connectivity index is 1.40. The maximum absolute atomic E-state index is 12.4. The van der Waals surface area contributed by atoms with E-state index in [9.17, 15) is 4.79 Å². The highest BCUT2D eigenvalue weighted by Gasteiger charge is 2.24. The molecule has 162 valence electrons. The quantitative estimate of drug-likeness (QED) is 0.616. The highest BCUT2D eigenvalue weighted by molar-refractivity contribution is 9.10. The molecular weight excluding hydrogens is 432 g/mol.